The van der Waals surface area contributed by atoms with Crippen LogP contribution in [0.15, 0.2) is 41.7 Å². The number of ether oxygens (including phenoxy) is 2. The van der Waals surface area contributed by atoms with Gasteiger partial charge in [0.05, 0.1) is 16.7 Å². The van der Waals surface area contributed by atoms with Crippen LogP contribution in [0.3, 0.4) is 0 Å². The molecule has 0 bridgehead atoms. The number of aromatic amines is 1. The fraction of sp³-hybridized carbons (Fsp3) is 0.143. The van der Waals surface area contributed by atoms with E-state index in [1.54, 1.807) is 18.0 Å². The van der Waals surface area contributed by atoms with Crippen LogP contribution >= 0.6 is 36.6 Å². The zero-order chi connectivity index (χ0) is 13.4. The number of H-pyrrole nitrogens is 1. The molecule has 1 aromatic carbocycles. The molecule has 0 atom stereocenters. The Bertz CT molecular complexity index is 726. The van der Waals surface area contributed by atoms with Crippen LogP contribution in [0.2, 0.25) is 0 Å². The van der Waals surface area contributed by atoms with E-state index in [9.17, 15) is 0 Å². The quantitative estimate of drug-likeness (QED) is 0.722. The standard InChI is InChI=1S/C14H11N3O2S.2ClH/c1-2-4-15-9(3-1)7-20-14-16-10-5-12-13(19-8-18-12)6-11(10)17-14;;/h1-6H,7-8H2,(H,16,17);2*1H. The summed E-state index contributed by atoms with van der Waals surface area (Å²) in [4.78, 5) is 12.1. The first-order chi connectivity index (χ1) is 9.88. The number of thioether (sulfide) groups is 1. The van der Waals surface area contributed by atoms with Crippen molar-refractivity contribution in [3.8, 4) is 11.5 Å². The van der Waals surface area contributed by atoms with Crippen LogP contribution < -0.4 is 9.47 Å². The van der Waals surface area contributed by atoms with E-state index in [-0.39, 0.29) is 31.6 Å². The SMILES string of the molecule is Cl.Cl.c1ccc(CSc2nc3cc4c(cc3[nH]2)OCO4)nc1. The van der Waals surface area contributed by atoms with Crippen LogP contribution in [0, 0.1) is 0 Å². The molecule has 3 heterocycles. The Morgan fingerprint density at radius 3 is 2.73 bits per heavy atom. The molecule has 0 aliphatic carbocycles. The average molecular weight is 358 g/mol. The minimum absolute atomic E-state index is 0. The Morgan fingerprint density at radius 2 is 1.95 bits per heavy atom. The molecule has 0 saturated heterocycles. The molecule has 4 rings (SSSR count). The molecule has 0 spiro atoms. The molecular weight excluding hydrogens is 345 g/mol. The first kappa shape index (κ1) is 16.7. The van der Waals surface area contributed by atoms with E-state index in [0.29, 0.717) is 0 Å². The van der Waals surface area contributed by atoms with Crippen molar-refractivity contribution < 1.29 is 9.47 Å². The van der Waals surface area contributed by atoms with E-state index >= 15 is 0 Å². The molecule has 22 heavy (non-hydrogen) atoms. The van der Waals surface area contributed by atoms with Gasteiger partial charge in [-0.2, -0.15) is 0 Å². The number of fused-ring (bicyclic) bond motifs is 2. The second-order valence-electron chi connectivity index (χ2n) is 4.37. The van der Waals surface area contributed by atoms with E-state index in [0.717, 1.165) is 39.1 Å². The second-order valence-corrected chi connectivity index (χ2v) is 5.34. The van der Waals surface area contributed by atoms with Crippen molar-refractivity contribution in [3.63, 3.8) is 0 Å². The van der Waals surface area contributed by atoms with Gasteiger partial charge in [-0.15, -0.1) is 24.8 Å². The number of halogens is 2. The van der Waals surface area contributed by atoms with Crippen LogP contribution in [0.4, 0.5) is 0 Å². The Labute approximate surface area is 143 Å². The largest absolute Gasteiger partial charge is 0.454 e. The minimum Gasteiger partial charge on any atom is -0.454 e. The van der Waals surface area contributed by atoms with Crippen molar-refractivity contribution >= 4 is 47.6 Å². The zero-order valence-electron chi connectivity index (χ0n) is 11.3. The first-order valence-corrected chi connectivity index (χ1v) is 7.19. The lowest BCUT2D eigenvalue weighted by Gasteiger charge is -1.96. The van der Waals surface area contributed by atoms with Crippen molar-refractivity contribution in [2.45, 2.75) is 10.9 Å². The summed E-state index contributed by atoms with van der Waals surface area (Å²) in [6.45, 7) is 0.281. The third kappa shape index (κ3) is 3.24. The molecule has 0 amide bonds. The number of imidazole rings is 1. The Balaban J connectivity index is 0.000000882. The van der Waals surface area contributed by atoms with Crippen LogP contribution in [0.25, 0.3) is 11.0 Å². The van der Waals surface area contributed by atoms with Crippen molar-refractivity contribution in [3.05, 3.63) is 42.2 Å². The number of nitrogens with one attached hydrogen (secondary N) is 1. The Morgan fingerprint density at radius 1 is 1.14 bits per heavy atom. The van der Waals surface area contributed by atoms with Gasteiger partial charge in [0.25, 0.3) is 0 Å². The van der Waals surface area contributed by atoms with Crippen LogP contribution in [-0.4, -0.2) is 21.7 Å². The maximum atomic E-state index is 5.36. The molecule has 8 heteroatoms. The predicted octanol–water partition coefficient (Wildman–Crippen LogP) is 3.82. The van der Waals surface area contributed by atoms with Crippen molar-refractivity contribution in [2.24, 2.45) is 0 Å². The third-order valence-electron chi connectivity index (χ3n) is 3.04. The summed E-state index contributed by atoms with van der Waals surface area (Å²) >= 11 is 1.63. The lowest BCUT2D eigenvalue weighted by molar-refractivity contribution is 0.174. The molecule has 5 nitrogen and oxygen atoms in total. The highest BCUT2D eigenvalue weighted by Gasteiger charge is 2.16. The molecule has 1 aliphatic rings. The molecule has 0 fully saturated rings. The number of aromatic nitrogens is 3. The molecule has 0 saturated carbocycles. The summed E-state index contributed by atoms with van der Waals surface area (Å²) in [6, 6.07) is 9.73. The number of nitrogens with zero attached hydrogens (tertiary/aromatic N) is 2. The van der Waals surface area contributed by atoms with Gasteiger partial charge >= 0.3 is 0 Å². The van der Waals surface area contributed by atoms with Gasteiger partial charge in [-0.05, 0) is 12.1 Å². The smallest absolute Gasteiger partial charge is 0.231 e. The molecule has 0 radical (unpaired) electrons. The monoisotopic (exact) mass is 357 g/mol. The highest BCUT2D eigenvalue weighted by molar-refractivity contribution is 7.98. The molecule has 2 aromatic heterocycles. The molecule has 1 aliphatic heterocycles. The number of benzene rings is 1. The number of hydrogen-bond acceptors (Lipinski definition) is 5. The van der Waals surface area contributed by atoms with Gasteiger partial charge in [0.1, 0.15) is 0 Å². The molecule has 1 N–H and O–H groups in total. The zero-order valence-corrected chi connectivity index (χ0v) is 13.8. The minimum atomic E-state index is 0. The summed E-state index contributed by atoms with van der Waals surface area (Å²) in [5.74, 6) is 2.31. The van der Waals surface area contributed by atoms with E-state index in [1.807, 2.05) is 30.3 Å². The van der Waals surface area contributed by atoms with Crippen molar-refractivity contribution in [2.75, 3.05) is 6.79 Å². The highest BCUT2D eigenvalue weighted by Crippen LogP contribution is 2.36. The van der Waals surface area contributed by atoms with Gasteiger partial charge in [-0.1, -0.05) is 17.8 Å². The summed E-state index contributed by atoms with van der Waals surface area (Å²) < 4.78 is 10.7. The average Bonchev–Trinajstić information content (AvgIpc) is 3.08. The summed E-state index contributed by atoms with van der Waals surface area (Å²) in [7, 11) is 0. The van der Waals surface area contributed by atoms with Crippen LogP contribution in [-0.2, 0) is 5.75 Å². The molecule has 0 unspecified atom stereocenters. The van der Waals surface area contributed by atoms with E-state index < -0.39 is 0 Å². The van der Waals surface area contributed by atoms with E-state index in [1.165, 1.54) is 0 Å². The summed E-state index contributed by atoms with van der Waals surface area (Å²) in [5.41, 5.74) is 2.88. The molecule has 116 valence electrons. The number of pyridine rings is 1. The van der Waals surface area contributed by atoms with E-state index in [4.69, 9.17) is 9.47 Å². The highest BCUT2D eigenvalue weighted by atomic mass is 35.5. The molecule has 3 aromatic rings. The normalized spacial score (nSPS) is 11.8. The topological polar surface area (TPSA) is 60.0 Å². The predicted molar refractivity (Wildman–Crippen MR) is 90.5 cm³/mol. The molecular formula is C14H13Cl2N3O2S. The van der Waals surface area contributed by atoms with Gasteiger partial charge < -0.3 is 14.5 Å². The van der Waals surface area contributed by atoms with Gasteiger partial charge in [0.2, 0.25) is 6.79 Å². The summed E-state index contributed by atoms with van der Waals surface area (Å²) in [5, 5.41) is 0.870. The van der Waals surface area contributed by atoms with Gasteiger partial charge in [-0.25, -0.2) is 4.98 Å². The van der Waals surface area contributed by atoms with Crippen molar-refractivity contribution in [1.29, 1.82) is 0 Å². The first-order valence-electron chi connectivity index (χ1n) is 6.20. The fourth-order valence-electron chi connectivity index (χ4n) is 2.07. The fourth-order valence-corrected chi connectivity index (χ4v) is 2.87. The van der Waals surface area contributed by atoms with Crippen molar-refractivity contribution in [1.82, 2.24) is 15.0 Å². The lowest BCUT2D eigenvalue weighted by atomic mass is 10.3. The summed E-state index contributed by atoms with van der Waals surface area (Å²) in [6.07, 6.45) is 1.80. The Kier molecular flexibility index (Phi) is 5.39. The second kappa shape index (κ2) is 7.09. The van der Waals surface area contributed by atoms with Gasteiger partial charge in [0.15, 0.2) is 16.7 Å². The van der Waals surface area contributed by atoms with Gasteiger partial charge in [0, 0.05) is 24.1 Å². The van der Waals surface area contributed by atoms with Gasteiger partial charge in [-0.3, -0.25) is 4.98 Å². The van der Waals surface area contributed by atoms with Crippen LogP contribution in [0.1, 0.15) is 5.69 Å². The third-order valence-corrected chi connectivity index (χ3v) is 3.94. The maximum absolute atomic E-state index is 5.36. The number of hydrogen-bond donors (Lipinski definition) is 1. The van der Waals surface area contributed by atoms with E-state index in [2.05, 4.69) is 15.0 Å². The number of rotatable bonds is 3. The lowest BCUT2D eigenvalue weighted by Crippen LogP contribution is -1.92. The maximum Gasteiger partial charge on any atom is 0.231 e. The Hall–Kier alpha value is -1.63. The van der Waals surface area contributed by atoms with Crippen LogP contribution in [0.5, 0.6) is 11.5 Å².